The van der Waals surface area contributed by atoms with Crippen molar-refractivity contribution in [3.63, 3.8) is 0 Å². The normalized spacial score (nSPS) is 11.6. The second-order valence-corrected chi connectivity index (χ2v) is 6.60. The van der Waals surface area contributed by atoms with E-state index in [9.17, 15) is 18.0 Å². The van der Waals surface area contributed by atoms with Crippen molar-refractivity contribution in [2.45, 2.75) is 33.3 Å². The number of hydrogen-bond donors (Lipinski definition) is 2. The Morgan fingerprint density at radius 2 is 1.95 bits per heavy atom. The molecule has 8 nitrogen and oxygen atoms in total. The Hall–Kier alpha value is -1.19. The molecule has 0 rings (SSSR count). The number of sulfonamides is 1. The third kappa shape index (κ3) is 10.2. The van der Waals surface area contributed by atoms with Crippen molar-refractivity contribution < 1.29 is 27.9 Å². The first-order chi connectivity index (χ1) is 9.68. The summed E-state index contributed by atoms with van der Waals surface area (Å²) in [5.41, 5.74) is 0. The Kier molecular flexibility index (Phi) is 9.14. The maximum Gasteiger partial charge on any atom is 0.305 e. The molecule has 0 aromatic carbocycles. The van der Waals surface area contributed by atoms with Crippen LogP contribution < -0.4 is 4.72 Å². The first-order valence-corrected chi connectivity index (χ1v) is 8.41. The van der Waals surface area contributed by atoms with Gasteiger partial charge in [-0.15, -0.1) is 0 Å². The van der Waals surface area contributed by atoms with Gasteiger partial charge >= 0.3 is 5.97 Å². The molecular formula is C12H24N2O6S. The van der Waals surface area contributed by atoms with Gasteiger partial charge in [-0.25, -0.2) is 13.1 Å². The van der Waals surface area contributed by atoms with E-state index in [-0.39, 0.29) is 38.0 Å². The Labute approximate surface area is 125 Å². The molecule has 2 N–H and O–H groups in total. The fourth-order valence-electron chi connectivity index (χ4n) is 1.44. The number of amides is 1. The van der Waals surface area contributed by atoms with E-state index in [1.165, 1.54) is 4.90 Å². The van der Waals surface area contributed by atoms with Crippen LogP contribution >= 0.6 is 0 Å². The maximum atomic E-state index is 11.8. The lowest BCUT2D eigenvalue weighted by Crippen LogP contribution is -2.42. The van der Waals surface area contributed by atoms with Crippen LogP contribution in [0.3, 0.4) is 0 Å². The van der Waals surface area contributed by atoms with E-state index < -0.39 is 21.9 Å². The minimum Gasteiger partial charge on any atom is -0.481 e. The largest absolute Gasteiger partial charge is 0.481 e. The van der Waals surface area contributed by atoms with E-state index in [1.807, 2.05) is 0 Å². The zero-order chi connectivity index (χ0) is 16.5. The van der Waals surface area contributed by atoms with E-state index in [1.54, 1.807) is 20.8 Å². The number of nitrogens with zero attached hydrogens (tertiary/aromatic N) is 1. The molecule has 0 saturated heterocycles. The topological polar surface area (TPSA) is 113 Å². The number of hydrogen-bond acceptors (Lipinski definition) is 5. The minimum atomic E-state index is -3.58. The van der Waals surface area contributed by atoms with Crippen LogP contribution in [0.25, 0.3) is 0 Å². The number of nitrogens with one attached hydrogen (secondary N) is 1. The van der Waals surface area contributed by atoms with Gasteiger partial charge in [-0.3, -0.25) is 9.59 Å². The molecule has 21 heavy (non-hydrogen) atoms. The summed E-state index contributed by atoms with van der Waals surface area (Å²) in [5.74, 6) is -1.68. The average molecular weight is 324 g/mol. The highest BCUT2D eigenvalue weighted by atomic mass is 32.2. The molecule has 1 amide bonds. The summed E-state index contributed by atoms with van der Waals surface area (Å²) >= 11 is 0. The second-order valence-electron chi connectivity index (χ2n) is 4.68. The number of aliphatic carboxylic acids is 1. The van der Waals surface area contributed by atoms with E-state index in [4.69, 9.17) is 9.84 Å². The van der Waals surface area contributed by atoms with Gasteiger partial charge in [0.05, 0.1) is 31.4 Å². The fraction of sp³-hybridized carbons (Fsp3) is 0.833. The van der Waals surface area contributed by atoms with Gasteiger partial charge in [-0.1, -0.05) is 0 Å². The van der Waals surface area contributed by atoms with Crippen LogP contribution in [-0.4, -0.2) is 68.4 Å². The average Bonchev–Trinajstić information content (AvgIpc) is 2.36. The minimum absolute atomic E-state index is 0.0533. The third-order valence-corrected chi connectivity index (χ3v) is 3.86. The highest BCUT2D eigenvalue weighted by Crippen LogP contribution is 1.95. The van der Waals surface area contributed by atoms with Gasteiger partial charge in [-0.05, 0) is 20.8 Å². The second kappa shape index (κ2) is 9.69. The molecule has 0 fully saturated rings. The molecule has 0 aliphatic rings. The smallest absolute Gasteiger partial charge is 0.305 e. The van der Waals surface area contributed by atoms with Crippen LogP contribution in [0.1, 0.15) is 27.2 Å². The van der Waals surface area contributed by atoms with Crippen LogP contribution in [0.15, 0.2) is 0 Å². The lowest BCUT2D eigenvalue weighted by Gasteiger charge is -2.20. The highest BCUT2D eigenvalue weighted by Gasteiger charge is 2.17. The fourth-order valence-corrected chi connectivity index (χ4v) is 2.24. The molecule has 124 valence electrons. The molecule has 0 aromatic rings. The zero-order valence-electron chi connectivity index (χ0n) is 12.7. The van der Waals surface area contributed by atoms with Gasteiger partial charge in [0.2, 0.25) is 15.9 Å². The highest BCUT2D eigenvalue weighted by molar-refractivity contribution is 7.89. The van der Waals surface area contributed by atoms with E-state index >= 15 is 0 Å². The molecule has 0 saturated carbocycles. The van der Waals surface area contributed by atoms with Crippen molar-refractivity contribution in [2.75, 3.05) is 32.0 Å². The summed E-state index contributed by atoms with van der Waals surface area (Å²) in [7, 11) is -3.58. The van der Waals surface area contributed by atoms with E-state index in [0.717, 1.165) is 0 Å². The van der Waals surface area contributed by atoms with Crippen LogP contribution in [0, 0.1) is 0 Å². The maximum absolute atomic E-state index is 11.8. The van der Waals surface area contributed by atoms with Crippen molar-refractivity contribution in [2.24, 2.45) is 0 Å². The molecule has 0 aliphatic carbocycles. The summed E-state index contributed by atoms with van der Waals surface area (Å²) in [6, 6.07) is 0. The molecule has 0 spiro atoms. The molecule has 0 bridgehead atoms. The van der Waals surface area contributed by atoms with Crippen molar-refractivity contribution in [1.82, 2.24) is 9.62 Å². The van der Waals surface area contributed by atoms with Crippen LogP contribution in [-0.2, 0) is 24.3 Å². The summed E-state index contributed by atoms with van der Waals surface area (Å²) in [6.07, 6.45) is -0.234. The quantitative estimate of drug-likeness (QED) is 0.537. The number of likely N-dealkylation sites (N-methyl/N-ethyl adjacent to an activating group) is 1. The van der Waals surface area contributed by atoms with Crippen LogP contribution in [0.5, 0.6) is 0 Å². The molecular weight excluding hydrogens is 300 g/mol. The van der Waals surface area contributed by atoms with Crippen LogP contribution in [0.2, 0.25) is 0 Å². The van der Waals surface area contributed by atoms with Gasteiger partial charge in [-0.2, -0.15) is 0 Å². The number of carboxylic acids is 1. The van der Waals surface area contributed by atoms with Gasteiger partial charge in [0.25, 0.3) is 0 Å². The van der Waals surface area contributed by atoms with E-state index in [2.05, 4.69) is 4.72 Å². The monoisotopic (exact) mass is 324 g/mol. The van der Waals surface area contributed by atoms with Gasteiger partial charge in [0, 0.05) is 13.1 Å². The van der Waals surface area contributed by atoms with Gasteiger partial charge in [0.1, 0.15) is 0 Å². The third-order valence-electron chi connectivity index (χ3n) is 2.58. The Bertz CT molecular complexity index is 435. The first kappa shape index (κ1) is 19.8. The molecule has 0 atom stereocenters. The van der Waals surface area contributed by atoms with Crippen molar-refractivity contribution >= 4 is 21.9 Å². The standard InChI is InChI=1S/C12H24N2O6S/c1-4-14(6-5-12(16)17)11(15)9-13-21(18,19)8-7-20-10(2)3/h10,13H,4-9H2,1-3H3,(H,16,17). The lowest BCUT2D eigenvalue weighted by molar-refractivity contribution is -0.138. The molecule has 0 aromatic heterocycles. The first-order valence-electron chi connectivity index (χ1n) is 6.76. The van der Waals surface area contributed by atoms with E-state index in [0.29, 0.717) is 6.54 Å². The van der Waals surface area contributed by atoms with Crippen molar-refractivity contribution in [1.29, 1.82) is 0 Å². The number of ether oxygens (including phenoxy) is 1. The SMILES string of the molecule is CCN(CCC(=O)O)C(=O)CNS(=O)(=O)CCOC(C)C. The Balaban J connectivity index is 4.21. The number of carbonyl (C=O) groups is 2. The predicted octanol–water partition coefficient (Wildman–Crippen LogP) is -0.346. The Morgan fingerprint density at radius 1 is 1.33 bits per heavy atom. The number of carboxylic acid groups (broad SMARTS) is 1. The molecule has 0 heterocycles. The lowest BCUT2D eigenvalue weighted by atomic mass is 10.3. The molecule has 0 unspecified atom stereocenters. The van der Waals surface area contributed by atoms with Gasteiger partial charge in [0.15, 0.2) is 0 Å². The van der Waals surface area contributed by atoms with Crippen molar-refractivity contribution in [3.8, 4) is 0 Å². The number of carbonyl (C=O) groups excluding carboxylic acids is 1. The van der Waals surface area contributed by atoms with Crippen molar-refractivity contribution in [3.05, 3.63) is 0 Å². The summed E-state index contributed by atoms with van der Waals surface area (Å²) in [6.45, 7) is 5.35. The molecule has 0 aliphatic heterocycles. The van der Waals surface area contributed by atoms with Gasteiger partial charge < -0.3 is 14.7 Å². The molecule has 0 radical (unpaired) electrons. The summed E-state index contributed by atoms with van der Waals surface area (Å²) in [5, 5.41) is 8.58. The predicted molar refractivity (Wildman–Crippen MR) is 77.4 cm³/mol. The van der Waals surface area contributed by atoms with Crippen LogP contribution in [0.4, 0.5) is 0 Å². The summed E-state index contributed by atoms with van der Waals surface area (Å²) in [4.78, 5) is 23.6. The summed E-state index contributed by atoms with van der Waals surface area (Å²) < 4.78 is 30.6. The Morgan fingerprint density at radius 3 is 2.43 bits per heavy atom. The zero-order valence-corrected chi connectivity index (χ0v) is 13.5. The molecule has 9 heteroatoms. The number of rotatable bonds is 11.